The zero-order chi connectivity index (χ0) is 14.4. The molecule has 1 aliphatic rings. The van der Waals surface area contributed by atoms with E-state index >= 15 is 0 Å². The number of pyridine rings is 1. The number of aromatic nitrogens is 1. The van der Waals surface area contributed by atoms with Crippen molar-refractivity contribution in [1.29, 1.82) is 0 Å². The van der Waals surface area contributed by atoms with E-state index in [1.54, 1.807) is 0 Å². The van der Waals surface area contributed by atoms with Crippen LogP contribution in [0.5, 0.6) is 0 Å². The molecule has 2 N–H and O–H groups in total. The van der Waals surface area contributed by atoms with E-state index in [0.717, 1.165) is 19.5 Å². The molecule has 1 aromatic rings. The van der Waals surface area contributed by atoms with Gasteiger partial charge in [-0.2, -0.15) is 0 Å². The van der Waals surface area contributed by atoms with Crippen LogP contribution in [-0.4, -0.2) is 23.0 Å². The molecule has 110 valence electrons. The van der Waals surface area contributed by atoms with Crippen molar-refractivity contribution in [2.24, 2.45) is 5.92 Å². The first-order chi connectivity index (χ1) is 9.69. The summed E-state index contributed by atoms with van der Waals surface area (Å²) in [5.41, 5.74) is 0.0764. The number of nitrogens with zero attached hydrogens (tertiary/aromatic N) is 2. The van der Waals surface area contributed by atoms with E-state index in [1.165, 1.54) is 37.8 Å². The van der Waals surface area contributed by atoms with E-state index in [1.807, 2.05) is 6.92 Å². The van der Waals surface area contributed by atoms with Gasteiger partial charge in [0.05, 0.1) is 17.1 Å². The lowest BCUT2D eigenvalue weighted by Gasteiger charge is -2.12. The molecule has 2 rings (SSSR count). The van der Waals surface area contributed by atoms with Crippen LogP contribution >= 0.6 is 0 Å². The second-order valence-electron chi connectivity index (χ2n) is 5.31. The normalized spacial score (nSPS) is 15.2. The number of nitro groups is 1. The van der Waals surface area contributed by atoms with Crippen LogP contribution in [0.25, 0.3) is 0 Å². The first-order valence-corrected chi connectivity index (χ1v) is 7.33. The predicted octanol–water partition coefficient (Wildman–Crippen LogP) is 3.41. The molecule has 0 unspecified atom stereocenters. The minimum absolute atomic E-state index is 0.0764. The van der Waals surface area contributed by atoms with Crippen molar-refractivity contribution in [3.63, 3.8) is 0 Å². The van der Waals surface area contributed by atoms with Crippen LogP contribution in [0.2, 0.25) is 0 Å². The molecule has 0 bridgehead atoms. The maximum absolute atomic E-state index is 11.0. The van der Waals surface area contributed by atoms with Crippen molar-refractivity contribution < 1.29 is 4.92 Å². The molecular formula is C14H22N4O2. The van der Waals surface area contributed by atoms with Crippen LogP contribution in [-0.2, 0) is 0 Å². The minimum Gasteiger partial charge on any atom is -0.370 e. The Balaban J connectivity index is 2.04. The third kappa shape index (κ3) is 4.08. The van der Waals surface area contributed by atoms with Crippen LogP contribution in [0, 0.1) is 16.0 Å². The molecule has 0 aliphatic heterocycles. The van der Waals surface area contributed by atoms with Gasteiger partial charge in [0, 0.05) is 13.1 Å². The van der Waals surface area contributed by atoms with E-state index in [0.29, 0.717) is 17.6 Å². The number of hydrogen-bond acceptors (Lipinski definition) is 5. The zero-order valence-electron chi connectivity index (χ0n) is 11.9. The quantitative estimate of drug-likeness (QED) is 0.590. The highest BCUT2D eigenvalue weighted by atomic mass is 16.6. The summed E-state index contributed by atoms with van der Waals surface area (Å²) in [6.45, 7) is 3.65. The molecule has 6 heteroatoms. The van der Waals surface area contributed by atoms with Crippen LogP contribution in [0.4, 0.5) is 17.3 Å². The molecular weight excluding hydrogens is 256 g/mol. The van der Waals surface area contributed by atoms with E-state index in [4.69, 9.17) is 0 Å². The SMILES string of the molecule is CCCNc1cc([N+](=O)[O-])cc(NCC2CCCC2)n1. The molecule has 1 aliphatic carbocycles. The Hall–Kier alpha value is -1.85. The summed E-state index contributed by atoms with van der Waals surface area (Å²) in [4.78, 5) is 15.0. The Labute approximate surface area is 119 Å². The average Bonchev–Trinajstić information content (AvgIpc) is 2.96. The van der Waals surface area contributed by atoms with Gasteiger partial charge >= 0.3 is 0 Å². The van der Waals surface area contributed by atoms with Gasteiger partial charge in [0.15, 0.2) is 0 Å². The first kappa shape index (κ1) is 14.6. The van der Waals surface area contributed by atoms with E-state index in [-0.39, 0.29) is 10.6 Å². The van der Waals surface area contributed by atoms with Crippen LogP contribution in [0.15, 0.2) is 12.1 Å². The lowest BCUT2D eigenvalue weighted by atomic mass is 10.1. The molecule has 0 saturated heterocycles. The number of nitrogens with one attached hydrogen (secondary N) is 2. The highest BCUT2D eigenvalue weighted by Gasteiger charge is 2.16. The maximum atomic E-state index is 11.0. The molecule has 1 heterocycles. The molecule has 0 amide bonds. The smallest absolute Gasteiger partial charge is 0.276 e. The van der Waals surface area contributed by atoms with Crippen LogP contribution in [0.1, 0.15) is 39.0 Å². The van der Waals surface area contributed by atoms with Crippen molar-refractivity contribution >= 4 is 17.3 Å². The summed E-state index contributed by atoms with van der Waals surface area (Å²) < 4.78 is 0. The molecule has 0 spiro atoms. The fourth-order valence-electron chi connectivity index (χ4n) is 2.52. The monoisotopic (exact) mass is 278 g/mol. The summed E-state index contributed by atoms with van der Waals surface area (Å²) in [5, 5.41) is 17.3. The standard InChI is InChI=1S/C14H22N4O2/c1-2-7-15-13-8-12(18(19)20)9-14(17-13)16-10-11-5-3-4-6-11/h8-9,11H,2-7,10H2,1H3,(H2,15,16,17). The van der Waals surface area contributed by atoms with E-state index in [9.17, 15) is 10.1 Å². The Morgan fingerprint density at radius 2 is 1.95 bits per heavy atom. The van der Waals surface area contributed by atoms with Gasteiger partial charge in [0.1, 0.15) is 11.6 Å². The fraction of sp³-hybridized carbons (Fsp3) is 0.643. The Morgan fingerprint density at radius 1 is 1.30 bits per heavy atom. The van der Waals surface area contributed by atoms with Crippen LogP contribution in [0.3, 0.4) is 0 Å². The molecule has 20 heavy (non-hydrogen) atoms. The Morgan fingerprint density at radius 3 is 2.55 bits per heavy atom. The highest BCUT2D eigenvalue weighted by Crippen LogP contribution is 2.26. The molecule has 0 aromatic carbocycles. The van der Waals surface area contributed by atoms with Crippen LogP contribution < -0.4 is 10.6 Å². The van der Waals surface area contributed by atoms with Gasteiger partial charge in [-0.3, -0.25) is 10.1 Å². The summed E-state index contributed by atoms with van der Waals surface area (Å²) in [6.07, 6.45) is 6.01. The van der Waals surface area contributed by atoms with Crippen molar-refractivity contribution in [3.8, 4) is 0 Å². The molecule has 6 nitrogen and oxygen atoms in total. The van der Waals surface area contributed by atoms with Gasteiger partial charge in [0.25, 0.3) is 5.69 Å². The fourth-order valence-corrected chi connectivity index (χ4v) is 2.52. The highest BCUT2D eigenvalue weighted by molar-refractivity contribution is 5.54. The summed E-state index contributed by atoms with van der Waals surface area (Å²) in [5.74, 6) is 1.82. The number of hydrogen-bond donors (Lipinski definition) is 2. The van der Waals surface area contributed by atoms with E-state index < -0.39 is 0 Å². The Kier molecular flexibility index (Phi) is 5.15. The summed E-state index contributed by atoms with van der Waals surface area (Å²) in [6, 6.07) is 2.99. The molecule has 1 aromatic heterocycles. The lowest BCUT2D eigenvalue weighted by molar-refractivity contribution is -0.384. The van der Waals surface area contributed by atoms with Crippen molar-refractivity contribution in [1.82, 2.24) is 4.98 Å². The van der Waals surface area contributed by atoms with Gasteiger partial charge in [-0.25, -0.2) is 4.98 Å². The third-order valence-corrected chi connectivity index (χ3v) is 3.62. The van der Waals surface area contributed by atoms with Crippen molar-refractivity contribution in [2.45, 2.75) is 39.0 Å². The third-order valence-electron chi connectivity index (χ3n) is 3.62. The topological polar surface area (TPSA) is 80.1 Å². The number of rotatable bonds is 7. The van der Waals surface area contributed by atoms with Gasteiger partial charge in [-0.15, -0.1) is 0 Å². The van der Waals surface area contributed by atoms with Crippen molar-refractivity contribution in [2.75, 3.05) is 23.7 Å². The maximum Gasteiger partial charge on any atom is 0.276 e. The number of anilines is 2. The predicted molar refractivity (Wildman–Crippen MR) is 80.1 cm³/mol. The average molecular weight is 278 g/mol. The second kappa shape index (κ2) is 7.07. The second-order valence-corrected chi connectivity index (χ2v) is 5.31. The molecule has 1 saturated carbocycles. The molecule has 0 atom stereocenters. The van der Waals surface area contributed by atoms with Crippen molar-refractivity contribution in [3.05, 3.63) is 22.2 Å². The summed E-state index contributed by atoms with van der Waals surface area (Å²) in [7, 11) is 0. The molecule has 0 radical (unpaired) electrons. The van der Waals surface area contributed by atoms with Gasteiger partial charge in [-0.05, 0) is 25.2 Å². The zero-order valence-corrected chi connectivity index (χ0v) is 11.9. The largest absolute Gasteiger partial charge is 0.370 e. The van der Waals surface area contributed by atoms with Gasteiger partial charge in [-0.1, -0.05) is 19.8 Å². The Bertz CT molecular complexity index is 458. The van der Waals surface area contributed by atoms with E-state index in [2.05, 4.69) is 15.6 Å². The minimum atomic E-state index is -0.375. The lowest BCUT2D eigenvalue weighted by Crippen LogP contribution is -2.13. The summed E-state index contributed by atoms with van der Waals surface area (Å²) >= 11 is 0. The first-order valence-electron chi connectivity index (χ1n) is 7.33. The van der Waals surface area contributed by atoms with Gasteiger partial charge in [0.2, 0.25) is 0 Å². The molecule has 1 fully saturated rings. The van der Waals surface area contributed by atoms with Gasteiger partial charge < -0.3 is 10.6 Å².